The molecule has 0 atom stereocenters. The van der Waals surface area contributed by atoms with Crippen LogP contribution < -0.4 is 4.72 Å². The molecule has 1 N–H and O–H groups in total. The average molecular weight is 410 g/mol. The molecule has 2 heterocycles. The Labute approximate surface area is 139 Å². The van der Waals surface area contributed by atoms with Gasteiger partial charge in [-0.15, -0.1) is 22.7 Å². The first kappa shape index (κ1) is 16.5. The topological polar surface area (TPSA) is 72.5 Å². The number of thiophene rings is 2. The van der Waals surface area contributed by atoms with Crippen molar-refractivity contribution in [1.29, 1.82) is 0 Å². The molecule has 9 heteroatoms. The Hall–Kier alpha value is -0.900. The Morgan fingerprint density at radius 1 is 1.38 bits per heavy atom. The minimum Gasteiger partial charge on any atom is -0.465 e. The van der Waals surface area contributed by atoms with Crippen molar-refractivity contribution in [2.75, 3.05) is 11.8 Å². The van der Waals surface area contributed by atoms with Crippen molar-refractivity contribution < 1.29 is 17.9 Å². The van der Waals surface area contributed by atoms with Crippen molar-refractivity contribution in [3.8, 4) is 0 Å². The summed E-state index contributed by atoms with van der Waals surface area (Å²) in [6, 6.07) is 1.54. The number of sulfonamides is 1. The van der Waals surface area contributed by atoms with Crippen LogP contribution in [-0.2, 0) is 14.8 Å². The van der Waals surface area contributed by atoms with Crippen molar-refractivity contribution in [3.63, 3.8) is 0 Å². The maximum atomic E-state index is 12.5. The predicted molar refractivity (Wildman–Crippen MR) is 88.0 cm³/mol. The zero-order valence-electron chi connectivity index (χ0n) is 11.4. The molecule has 0 bridgehead atoms. The van der Waals surface area contributed by atoms with Crippen molar-refractivity contribution >= 4 is 60.3 Å². The number of carbonyl (C=O) groups excluding carboxylic acids is 1. The minimum absolute atomic E-state index is 0.195. The van der Waals surface area contributed by atoms with Crippen LogP contribution in [0, 0.1) is 13.8 Å². The Morgan fingerprint density at radius 2 is 2.05 bits per heavy atom. The fourth-order valence-corrected chi connectivity index (χ4v) is 6.25. The zero-order chi connectivity index (χ0) is 15.8. The molecule has 5 nitrogen and oxygen atoms in total. The summed E-state index contributed by atoms with van der Waals surface area (Å²) in [5, 5.41) is 1.71. The second-order valence-electron chi connectivity index (χ2n) is 4.19. The van der Waals surface area contributed by atoms with E-state index in [1.165, 1.54) is 18.4 Å². The van der Waals surface area contributed by atoms with Crippen LogP contribution in [-0.4, -0.2) is 21.5 Å². The van der Waals surface area contributed by atoms with Gasteiger partial charge < -0.3 is 4.74 Å². The van der Waals surface area contributed by atoms with E-state index in [2.05, 4.69) is 25.4 Å². The molecule has 0 aliphatic carbocycles. The number of methoxy groups -OCH3 is 1. The lowest BCUT2D eigenvalue weighted by Crippen LogP contribution is -2.15. The maximum absolute atomic E-state index is 12.5. The fraction of sp³-hybridized carbons (Fsp3) is 0.250. The smallest absolute Gasteiger partial charge is 0.350 e. The standard InChI is InChI=1S/C12H12BrNO4S3/c1-6-5-19-11(12(15)18-3)10(6)14-21(16,17)8-4-9(13)20-7(8)2/h4-5,14H,1-3H3. The SMILES string of the molecule is COC(=O)c1scc(C)c1NS(=O)(=O)c1cc(Br)sc1C. The first-order chi connectivity index (χ1) is 9.76. The van der Waals surface area contributed by atoms with Crippen LogP contribution in [0.4, 0.5) is 5.69 Å². The van der Waals surface area contributed by atoms with Crippen LogP contribution in [0.2, 0.25) is 0 Å². The van der Waals surface area contributed by atoms with E-state index in [1.54, 1.807) is 25.3 Å². The van der Waals surface area contributed by atoms with E-state index in [0.717, 1.165) is 15.1 Å². The number of carbonyl (C=O) groups is 1. The van der Waals surface area contributed by atoms with Gasteiger partial charge in [-0.25, -0.2) is 13.2 Å². The average Bonchev–Trinajstić information content (AvgIpc) is 2.92. The lowest BCUT2D eigenvalue weighted by molar-refractivity contribution is 0.0607. The van der Waals surface area contributed by atoms with Crippen LogP contribution in [0.15, 0.2) is 20.1 Å². The van der Waals surface area contributed by atoms with Gasteiger partial charge in [-0.3, -0.25) is 4.72 Å². The molecule has 21 heavy (non-hydrogen) atoms. The number of anilines is 1. The Bertz CT molecular complexity index is 792. The van der Waals surface area contributed by atoms with Crippen LogP contribution in [0.1, 0.15) is 20.1 Å². The molecule has 0 saturated carbocycles. The Balaban J connectivity index is 2.44. The molecule has 0 aliphatic rings. The molecule has 0 radical (unpaired) electrons. The third kappa shape index (κ3) is 3.31. The molecule has 0 aromatic carbocycles. The van der Waals surface area contributed by atoms with Crippen LogP contribution in [0.3, 0.4) is 0 Å². The van der Waals surface area contributed by atoms with Gasteiger partial charge >= 0.3 is 5.97 Å². The molecular formula is C12H12BrNO4S3. The van der Waals surface area contributed by atoms with E-state index in [-0.39, 0.29) is 15.5 Å². The molecule has 2 aromatic rings. The molecule has 0 spiro atoms. The van der Waals surface area contributed by atoms with Gasteiger partial charge in [0.1, 0.15) is 9.77 Å². The summed E-state index contributed by atoms with van der Waals surface area (Å²) in [4.78, 5) is 12.8. The van der Waals surface area contributed by atoms with E-state index in [1.807, 2.05) is 0 Å². The number of hydrogen-bond acceptors (Lipinski definition) is 6. The summed E-state index contributed by atoms with van der Waals surface area (Å²) in [5.74, 6) is -0.561. The molecule has 0 amide bonds. The highest BCUT2D eigenvalue weighted by molar-refractivity contribution is 9.11. The third-order valence-corrected chi connectivity index (χ3v) is 6.95. The normalized spacial score (nSPS) is 11.4. The van der Waals surface area contributed by atoms with E-state index in [0.29, 0.717) is 10.4 Å². The summed E-state index contributed by atoms with van der Waals surface area (Å²) < 4.78 is 32.8. The van der Waals surface area contributed by atoms with Gasteiger partial charge in [0.05, 0.1) is 16.6 Å². The first-order valence-corrected chi connectivity index (χ1v) is 9.68. The largest absolute Gasteiger partial charge is 0.465 e. The van der Waals surface area contributed by atoms with Gasteiger partial charge in [0.2, 0.25) is 0 Å². The quantitative estimate of drug-likeness (QED) is 0.779. The monoisotopic (exact) mass is 409 g/mol. The third-order valence-electron chi connectivity index (χ3n) is 2.71. The highest BCUT2D eigenvalue weighted by Crippen LogP contribution is 2.34. The van der Waals surface area contributed by atoms with Crippen LogP contribution in [0.5, 0.6) is 0 Å². The number of nitrogens with one attached hydrogen (secondary N) is 1. The molecule has 0 aliphatic heterocycles. The molecule has 2 rings (SSSR count). The molecule has 0 unspecified atom stereocenters. The molecular weight excluding hydrogens is 398 g/mol. The molecule has 2 aromatic heterocycles. The van der Waals surface area contributed by atoms with E-state index in [4.69, 9.17) is 0 Å². The van der Waals surface area contributed by atoms with Gasteiger partial charge in [-0.2, -0.15) is 0 Å². The maximum Gasteiger partial charge on any atom is 0.350 e. The van der Waals surface area contributed by atoms with E-state index in [9.17, 15) is 13.2 Å². The van der Waals surface area contributed by atoms with Crippen molar-refractivity contribution in [2.45, 2.75) is 18.7 Å². The summed E-state index contributed by atoms with van der Waals surface area (Å²) in [5.41, 5.74) is 0.949. The summed E-state index contributed by atoms with van der Waals surface area (Å²) in [7, 11) is -2.49. The molecule has 0 saturated heterocycles. The number of hydrogen-bond donors (Lipinski definition) is 1. The lowest BCUT2D eigenvalue weighted by atomic mass is 10.3. The summed E-state index contributed by atoms with van der Waals surface area (Å²) >= 11 is 5.75. The Kier molecular flexibility index (Phi) is 4.76. The second-order valence-corrected chi connectivity index (χ2v) is 9.36. The molecule has 114 valence electrons. The van der Waals surface area contributed by atoms with Crippen molar-refractivity contribution in [1.82, 2.24) is 0 Å². The lowest BCUT2D eigenvalue weighted by Gasteiger charge is -2.09. The zero-order valence-corrected chi connectivity index (χ0v) is 15.4. The second kappa shape index (κ2) is 6.07. The summed E-state index contributed by atoms with van der Waals surface area (Å²) in [6.07, 6.45) is 0. The van der Waals surface area contributed by atoms with E-state index < -0.39 is 16.0 Å². The highest BCUT2D eigenvalue weighted by Gasteiger charge is 2.25. The van der Waals surface area contributed by atoms with E-state index >= 15 is 0 Å². The van der Waals surface area contributed by atoms with Gasteiger partial charge in [-0.1, -0.05) is 0 Å². The number of esters is 1. The summed E-state index contributed by atoms with van der Waals surface area (Å²) in [6.45, 7) is 3.46. The Morgan fingerprint density at radius 3 is 2.57 bits per heavy atom. The number of ether oxygens (including phenoxy) is 1. The van der Waals surface area contributed by atoms with Gasteiger partial charge in [-0.05, 0) is 46.8 Å². The fourth-order valence-electron chi connectivity index (χ4n) is 1.70. The van der Waals surface area contributed by atoms with Crippen LogP contribution >= 0.6 is 38.6 Å². The van der Waals surface area contributed by atoms with Crippen molar-refractivity contribution in [3.05, 3.63) is 30.6 Å². The minimum atomic E-state index is -3.75. The van der Waals surface area contributed by atoms with Gasteiger partial charge in [0.15, 0.2) is 0 Å². The predicted octanol–water partition coefficient (Wildman–Crippen LogP) is 3.78. The van der Waals surface area contributed by atoms with Crippen LogP contribution in [0.25, 0.3) is 0 Å². The van der Waals surface area contributed by atoms with Crippen molar-refractivity contribution in [2.24, 2.45) is 0 Å². The first-order valence-electron chi connectivity index (χ1n) is 5.71. The number of aryl methyl sites for hydroxylation is 2. The molecule has 0 fully saturated rings. The van der Waals surface area contributed by atoms with Gasteiger partial charge in [0.25, 0.3) is 10.0 Å². The number of rotatable bonds is 4. The van der Waals surface area contributed by atoms with Gasteiger partial charge in [0, 0.05) is 4.88 Å². The highest BCUT2D eigenvalue weighted by atomic mass is 79.9. The number of halogens is 1.